The van der Waals surface area contributed by atoms with E-state index in [-0.39, 0.29) is 41.4 Å². The van der Waals surface area contributed by atoms with Gasteiger partial charge in [0.15, 0.2) is 0 Å². The highest BCUT2D eigenvalue weighted by molar-refractivity contribution is 7.81. The lowest BCUT2D eigenvalue weighted by Gasteiger charge is -2.62. The highest BCUT2D eigenvalue weighted by Crippen LogP contribution is 2.69. The molecule has 0 bridgehead atoms. The molecule has 4 aliphatic rings. The molecule has 10 atom stereocenters. The van der Waals surface area contributed by atoms with Crippen molar-refractivity contribution in [1.29, 1.82) is 0 Å². The van der Waals surface area contributed by atoms with Gasteiger partial charge in [-0.05, 0) is 98.7 Å². The minimum absolute atomic E-state index is 0.0564. The largest absolute Gasteiger partial charge is 0.481 e. The Kier molecular flexibility index (Phi) is 7.64. The number of carbonyl (C=O) groups is 1. The van der Waals surface area contributed by atoms with Crippen LogP contribution < -0.4 is 0 Å². The van der Waals surface area contributed by atoms with E-state index in [0.29, 0.717) is 38.0 Å². The first-order chi connectivity index (χ1) is 16.5. The van der Waals surface area contributed by atoms with Crippen molar-refractivity contribution in [3.8, 4) is 0 Å². The van der Waals surface area contributed by atoms with Gasteiger partial charge in [0, 0.05) is 11.8 Å². The molecule has 0 spiro atoms. The quantitative estimate of drug-likeness (QED) is 0.373. The number of carboxylic acid groups (broad SMARTS) is 1. The fourth-order valence-electron chi connectivity index (χ4n) is 9.22. The molecular formula is C24H40O10S2. The maximum atomic E-state index is 12.0. The average molecular weight is 553 g/mol. The SMILES string of the molecule is C[C@H](CCC(=O)O)[C@H]1CC[C@H]2[C@@H]3CCC4C[C@H](OS(=O)(=O)O)CC[C@]4(C)[C@H]3C[C@H](OS(=O)(=O)O)[C@]12C. The van der Waals surface area contributed by atoms with Crippen molar-refractivity contribution in [3.05, 3.63) is 0 Å². The zero-order chi connectivity index (χ0) is 26.7. The Hall–Kier alpha value is -0.790. The highest BCUT2D eigenvalue weighted by Gasteiger charge is 2.65. The molecule has 208 valence electrons. The van der Waals surface area contributed by atoms with E-state index in [4.69, 9.17) is 12.9 Å². The van der Waals surface area contributed by atoms with E-state index in [0.717, 1.165) is 25.7 Å². The molecule has 12 heteroatoms. The Labute approximate surface area is 214 Å². The van der Waals surface area contributed by atoms with Crippen molar-refractivity contribution in [3.63, 3.8) is 0 Å². The van der Waals surface area contributed by atoms with Gasteiger partial charge in [-0.1, -0.05) is 20.8 Å². The maximum Gasteiger partial charge on any atom is 0.397 e. The van der Waals surface area contributed by atoms with Gasteiger partial charge in [0.25, 0.3) is 0 Å². The fourth-order valence-corrected chi connectivity index (χ4v) is 10.3. The molecule has 10 nitrogen and oxygen atoms in total. The summed E-state index contributed by atoms with van der Waals surface area (Å²) in [6.45, 7) is 6.31. The van der Waals surface area contributed by atoms with Crippen LogP contribution >= 0.6 is 0 Å². The third-order valence-corrected chi connectivity index (χ3v) is 11.7. The summed E-state index contributed by atoms with van der Waals surface area (Å²) in [6.07, 6.45) is 5.02. The van der Waals surface area contributed by atoms with E-state index < -0.39 is 44.4 Å². The van der Waals surface area contributed by atoms with Crippen molar-refractivity contribution in [2.45, 2.75) is 97.2 Å². The predicted octanol–water partition coefficient (Wildman–Crippen LogP) is 4.13. The molecule has 3 N–H and O–H groups in total. The van der Waals surface area contributed by atoms with Crippen molar-refractivity contribution in [2.75, 3.05) is 0 Å². The fraction of sp³-hybridized carbons (Fsp3) is 0.958. The molecule has 1 unspecified atom stereocenters. The first kappa shape index (κ1) is 28.2. The molecule has 36 heavy (non-hydrogen) atoms. The van der Waals surface area contributed by atoms with E-state index in [1.165, 1.54) is 0 Å². The maximum absolute atomic E-state index is 12.0. The van der Waals surface area contributed by atoms with E-state index in [1.807, 2.05) is 6.92 Å². The lowest BCUT2D eigenvalue weighted by atomic mass is 9.43. The van der Waals surface area contributed by atoms with Gasteiger partial charge in [-0.2, -0.15) is 16.8 Å². The first-order valence-corrected chi connectivity index (χ1v) is 15.8. The number of rotatable bonds is 8. The van der Waals surface area contributed by atoms with Crippen LogP contribution in [0.3, 0.4) is 0 Å². The number of hydrogen-bond donors (Lipinski definition) is 3. The zero-order valence-corrected chi connectivity index (χ0v) is 22.8. The van der Waals surface area contributed by atoms with E-state index in [2.05, 4.69) is 13.8 Å². The van der Waals surface area contributed by atoms with Gasteiger partial charge in [-0.15, -0.1) is 0 Å². The van der Waals surface area contributed by atoms with Crippen LogP contribution in [0, 0.1) is 46.3 Å². The normalized spacial score (nSPS) is 43.8. The van der Waals surface area contributed by atoms with Crippen LogP contribution in [0.5, 0.6) is 0 Å². The Morgan fingerprint density at radius 1 is 0.944 bits per heavy atom. The molecule has 0 radical (unpaired) electrons. The summed E-state index contributed by atoms with van der Waals surface area (Å²) in [4.78, 5) is 11.2. The number of carboxylic acids is 1. The molecule has 4 saturated carbocycles. The van der Waals surface area contributed by atoms with Crippen LogP contribution in [-0.2, 0) is 34.0 Å². The Balaban J connectivity index is 1.63. The number of aliphatic carboxylic acids is 1. The molecule has 0 aliphatic heterocycles. The second-order valence-corrected chi connectivity index (χ2v) is 14.4. The van der Waals surface area contributed by atoms with Gasteiger partial charge in [0.1, 0.15) is 0 Å². The second kappa shape index (κ2) is 9.75. The van der Waals surface area contributed by atoms with E-state index in [9.17, 15) is 31.3 Å². The number of hydrogen-bond acceptors (Lipinski definition) is 7. The summed E-state index contributed by atoms with van der Waals surface area (Å²) in [6, 6.07) is 0. The number of fused-ring (bicyclic) bond motifs is 5. The Morgan fingerprint density at radius 3 is 2.22 bits per heavy atom. The molecule has 0 saturated heterocycles. The topological polar surface area (TPSA) is 164 Å². The van der Waals surface area contributed by atoms with Gasteiger partial charge in [-0.25, -0.2) is 8.37 Å². The standard InChI is InChI=1S/C24H40O10S2/c1-14(4-9-22(25)26)18-7-8-19-17-6-5-15-12-16(33-35(27,28)29)10-11-23(15,2)20(17)13-21(24(18,19)3)34-36(30,31)32/h14-21H,4-13H2,1-3H3,(H,25,26)(H,27,28,29)(H,30,31,32)/t14-,15?,16-,17+,18-,19+,20+,21+,23+,24-/m1/s1. The van der Waals surface area contributed by atoms with Crippen molar-refractivity contribution in [1.82, 2.24) is 0 Å². The van der Waals surface area contributed by atoms with Crippen LogP contribution in [0.15, 0.2) is 0 Å². The summed E-state index contributed by atoms with van der Waals surface area (Å²) in [7, 11) is -9.23. The van der Waals surface area contributed by atoms with E-state index >= 15 is 0 Å². The molecule has 0 amide bonds. The van der Waals surface area contributed by atoms with Gasteiger partial charge >= 0.3 is 26.8 Å². The smallest absolute Gasteiger partial charge is 0.397 e. The second-order valence-electron chi connectivity index (χ2n) is 12.3. The average Bonchev–Trinajstić information content (AvgIpc) is 3.09. The zero-order valence-electron chi connectivity index (χ0n) is 21.2. The minimum atomic E-state index is -4.70. The molecule has 4 fully saturated rings. The molecule has 0 aromatic heterocycles. The van der Waals surface area contributed by atoms with Crippen LogP contribution in [0.2, 0.25) is 0 Å². The van der Waals surface area contributed by atoms with Gasteiger partial charge in [-0.3, -0.25) is 13.9 Å². The first-order valence-electron chi connectivity index (χ1n) is 13.1. The summed E-state index contributed by atoms with van der Waals surface area (Å²) in [5, 5.41) is 9.19. The van der Waals surface area contributed by atoms with Gasteiger partial charge < -0.3 is 5.11 Å². The summed E-state index contributed by atoms with van der Waals surface area (Å²) >= 11 is 0. The minimum Gasteiger partial charge on any atom is -0.481 e. The van der Waals surface area contributed by atoms with Gasteiger partial charge in [0.05, 0.1) is 12.2 Å². The van der Waals surface area contributed by atoms with E-state index in [1.54, 1.807) is 0 Å². The molecule has 0 aromatic rings. The molecule has 0 aromatic carbocycles. The Morgan fingerprint density at radius 2 is 1.61 bits per heavy atom. The summed E-state index contributed by atoms with van der Waals surface area (Å²) in [5.41, 5.74) is -0.680. The lowest BCUT2D eigenvalue weighted by Crippen LogP contribution is -2.59. The summed E-state index contributed by atoms with van der Waals surface area (Å²) < 4.78 is 75.7. The monoisotopic (exact) mass is 552 g/mol. The van der Waals surface area contributed by atoms with Crippen molar-refractivity contribution in [2.24, 2.45) is 46.3 Å². The highest BCUT2D eigenvalue weighted by atomic mass is 32.3. The molecule has 0 heterocycles. The van der Waals surface area contributed by atoms with Gasteiger partial charge in [0.2, 0.25) is 0 Å². The molecule has 4 rings (SSSR count). The lowest BCUT2D eigenvalue weighted by molar-refractivity contribution is -0.167. The van der Waals surface area contributed by atoms with Crippen LogP contribution in [0.4, 0.5) is 0 Å². The third-order valence-electron chi connectivity index (χ3n) is 10.8. The third kappa shape index (κ3) is 5.36. The van der Waals surface area contributed by atoms with Crippen LogP contribution in [-0.4, -0.2) is 49.2 Å². The van der Waals surface area contributed by atoms with Crippen molar-refractivity contribution >= 4 is 26.8 Å². The predicted molar refractivity (Wildman–Crippen MR) is 129 cm³/mol. The molecule has 4 aliphatic carbocycles. The molecular weight excluding hydrogens is 512 g/mol. The van der Waals surface area contributed by atoms with Crippen LogP contribution in [0.1, 0.15) is 85.0 Å². The van der Waals surface area contributed by atoms with Crippen LogP contribution in [0.25, 0.3) is 0 Å². The Bertz CT molecular complexity index is 1060. The van der Waals surface area contributed by atoms with Crippen molar-refractivity contribution < 1.29 is 44.2 Å². The summed E-state index contributed by atoms with van der Waals surface area (Å²) in [5.74, 6) is 0.135.